The first-order chi connectivity index (χ1) is 20.1. The lowest BCUT2D eigenvalue weighted by atomic mass is 9.68. The minimum atomic E-state index is -3.87. The largest absolute Gasteiger partial charge is 0.490 e. The van der Waals surface area contributed by atoms with Crippen LogP contribution in [-0.2, 0) is 21.9 Å². The number of aryl methyl sites for hydroxylation is 1. The summed E-state index contributed by atoms with van der Waals surface area (Å²) >= 11 is 6.38. The fourth-order valence-corrected chi connectivity index (χ4v) is 8.02. The number of carbonyl (C=O) groups excluding carboxylic acids is 1. The Morgan fingerprint density at radius 1 is 1.21 bits per heavy atom. The van der Waals surface area contributed by atoms with Crippen LogP contribution in [-0.4, -0.2) is 50.5 Å². The van der Waals surface area contributed by atoms with Gasteiger partial charge in [-0.2, -0.15) is 0 Å². The van der Waals surface area contributed by atoms with Crippen LogP contribution in [0.25, 0.3) is 0 Å². The normalized spacial score (nSPS) is 24.7. The van der Waals surface area contributed by atoms with E-state index in [4.69, 9.17) is 16.3 Å². The number of anilines is 1. The predicted molar refractivity (Wildman–Crippen MR) is 168 cm³/mol. The van der Waals surface area contributed by atoms with E-state index in [2.05, 4.69) is 34.9 Å². The summed E-state index contributed by atoms with van der Waals surface area (Å²) in [6, 6.07) is 11.3. The number of hydrogen-bond acceptors (Lipinski definition) is 6. The van der Waals surface area contributed by atoms with E-state index in [0.717, 1.165) is 42.8 Å². The van der Waals surface area contributed by atoms with Gasteiger partial charge in [0.15, 0.2) is 0 Å². The van der Waals surface area contributed by atoms with Crippen molar-refractivity contribution in [1.82, 2.24) is 4.72 Å². The molecule has 2 N–H and O–H groups in total. The third kappa shape index (κ3) is 6.12. The SMILES string of the molecule is C=CCC(O)[C@@H]1CC[C@H]1CN1C[C@@]2(CCCc3cc(Cl)ccc32)COc2ccc(C(=O)NS(=O)(=O)C(C)CC=C)cc21. The molecule has 0 radical (unpaired) electrons. The molecule has 5 rings (SSSR count). The van der Waals surface area contributed by atoms with Crippen molar-refractivity contribution < 1.29 is 23.1 Å². The summed E-state index contributed by atoms with van der Waals surface area (Å²) in [7, 11) is -3.87. The molecule has 9 heteroatoms. The van der Waals surface area contributed by atoms with Gasteiger partial charge in [-0.3, -0.25) is 4.79 Å². The summed E-state index contributed by atoms with van der Waals surface area (Å²) in [6.45, 7) is 10.8. The molecule has 1 amide bonds. The van der Waals surface area contributed by atoms with E-state index in [9.17, 15) is 18.3 Å². The van der Waals surface area contributed by atoms with Crippen LogP contribution in [0.2, 0.25) is 5.02 Å². The fourth-order valence-electron chi connectivity index (χ4n) is 6.86. The number of halogens is 1. The highest BCUT2D eigenvalue weighted by molar-refractivity contribution is 7.90. The molecule has 42 heavy (non-hydrogen) atoms. The number of aliphatic hydroxyl groups is 1. The predicted octanol–water partition coefficient (Wildman–Crippen LogP) is 5.80. The lowest BCUT2D eigenvalue weighted by molar-refractivity contribution is 0.0178. The number of benzene rings is 2. The summed E-state index contributed by atoms with van der Waals surface area (Å²) in [5, 5.41) is 10.7. The maximum atomic E-state index is 13.2. The molecule has 1 saturated carbocycles. The van der Waals surface area contributed by atoms with Gasteiger partial charge in [0.25, 0.3) is 5.91 Å². The van der Waals surface area contributed by atoms with E-state index in [1.807, 2.05) is 6.07 Å². The quantitative estimate of drug-likeness (QED) is 0.329. The number of fused-ring (bicyclic) bond motifs is 3. The van der Waals surface area contributed by atoms with Crippen molar-refractivity contribution in [3.8, 4) is 5.75 Å². The van der Waals surface area contributed by atoms with E-state index in [0.29, 0.717) is 31.9 Å². The molecular weight excluding hydrogens is 572 g/mol. The third-order valence-electron chi connectivity index (χ3n) is 9.40. The summed E-state index contributed by atoms with van der Waals surface area (Å²) in [5.74, 6) is 0.434. The van der Waals surface area contributed by atoms with Crippen molar-refractivity contribution in [2.45, 2.75) is 68.6 Å². The monoisotopic (exact) mass is 612 g/mol. The van der Waals surface area contributed by atoms with Crippen molar-refractivity contribution >= 4 is 33.2 Å². The number of carbonyl (C=O) groups is 1. The highest BCUT2D eigenvalue weighted by Crippen LogP contribution is 2.46. The van der Waals surface area contributed by atoms with E-state index in [1.165, 1.54) is 17.2 Å². The Morgan fingerprint density at radius 2 is 2.00 bits per heavy atom. The van der Waals surface area contributed by atoms with Crippen molar-refractivity contribution in [3.05, 3.63) is 83.4 Å². The van der Waals surface area contributed by atoms with Gasteiger partial charge in [-0.25, -0.2) is 13.1 Å². The second kappa shape index (κ2) is 12.4. The molecular formula is C33H41ClN2O5S. The Balaban J connectivity index is 1.50. The zero-order valence-corrected chi connectivity index (χ0v) is 25.8. The van der Waals surface area contributed by atoms with Gasteiger partial charge >= 0.3 is 0 Å². The summed E-state index contributed by atoms with van der Waals surface area (Å²) in [6.07, 6.45) is 8.55. The second-order valence-corrected chi connectivity index (χ2v) is 14.7. The lowest BCUT2D eigenvalue weighted by Crippen LogP contribution is -2.49. The van der Waals surface area contributed by atoms with E-state index in [1.54, 1.807) is 31.2 Å². The molecule has 1 fully saturated rings. The van der Waals surface area contributed by atoms with E-state index < -0.39 is 27.3 Å². The first-order valence-electron chi connectivity index (χ1n) is 14.8. The molecule has 0 bridgehead atoms. The molecule has 0 aromatic heterocycles. The maximum Gasteiger partial charge on any atom is 0.264 e. The number of hydrogen-bond donors (Lipinski definition) is 2. The molecule has 1 aliphatic heterocycles. The zero-order chi connectivity index (χ0) is 30.1. The number of ether oxygens (including phenoxy) is 1. The summed E-state index contributed by atoms with van der Waals surface area (Å²) in [4.78, 5) is 15.5. The number of nitrogens with zero attached hydrogens (tertiary/aromatic N) is 1. The first-order valence-corrected chi connectivity index (χ1v) is 16.8. The zero-order valence-electron chi connectivity index (χ0n) is 24.2. The van der Waals surface area contributed by atoms with Gasteiger partial charge in [-0.05, 0) is 105 Å². The maximum absolute atomic E-state index is 13.2. The van der Waals surface area contributed by atoms with Crippen LogP contribution < -0.4 is 14.4 Å². The van der Waals surface area contributed by atoms with Gasteiger partial charge in [-0.1, -0.05) is 29.8 Å². The highest BCUT2D eigenvalue weighted by atomic mass is 35.5. The topological polar surface area (TPSA) is 95.9 Å². The second-order valence-electron chi connectivity index (χ2n) is 12.2. The Bertz CT molecular complexity index is 1460. The van der Waals surface area contributed by atoms with Crippen LogP contribution in [0.1, 0.15) is 66.9 Å². The molecule has 5 atom stereocenters. The van der Waals surface area contributed by atoms with Gasteiger partial charge < -0.3 is 14.7 Å². The van der Waals surface area contributed by atoms with Crippen LogP contribution in [0.5, 0.6) is 5.75 Å². The molecule has 1 heterocycles. The Kier molecular flexibility index (Phi) is 9.07. The van der Waals surface area contributed by atoms with Crippen molar-refractivity contribution in [2.75, 3.05) is 24.6 Å². The van der Waals surface area contributed by atoms with Gasteiger partial charge in [0, 0.05) is 29.1 Å². The van der Waals surface area contributed by atoms with Crippen LogP contribution in [0.4, 0.5) is 5.69 Å². The average molecular weight is 613 g/mol. The van der Waals surface area contributed by atoms with Gasteiger partial charge in [-0.15, -0.1) is 13.2 Å². The minimum Gasteiger partial charge on any atom is -0.490 e. The third-order valence-corrected chi connectivity index (χ3v) is 11.4. The molecule has 2 unspecified atom stereocenters. The molecule has 226 valence electrons. The number of rotatable bonds is 10. The summed E-state index contributed by atoms with van der Waals surface area (Å²) < 4.78 is 34.2. The number of amides is 1. The van der Waals surface area contributed by atoms with Crippen LogP contribution in [0.3, 0.4) is 0 Å². The average Bonchev–Trinajstić information content (AvgIpc) is 3.08. The molecule has 1 spiro atoms. The Morgan fingerprint density at radius 3 is 2.71 bits per heavy atom. The Hall–Kier alpha value is -2.81. The van der Waals surface area contributed by atoms with Gasteiger partial charge in [0.2, 0.25) is 10.0 Å². The molecule has 0 saturated heterocycles. The number of allylic oxidation sites excluding steroid dienone is 1. The molecule has 2 aromatic carbocycles. The minimum absolute atomic E-state index is 0.173. The van der Waals surface area contributed by atoms with Gasteiger partial charge in [0.1, 0.15) is 5.75 Å². The highest BCUT2D eigenvalue weighted by Gasteiger charge is 2.44. The van der Waals surface area contributed by atoms with E-state index >= 15 is 0 Å². The van der Waals surface area contributed by atoms with Crippen LogP contribution in [0, 0.1) is 11.8 Å². The first kappa shape index (κ1) is 30.6. The Labute approximate surface area is 254 Å². The standard InChI is InChI=1S/C33H41ClN2O5S/c1-4-7-22(3)42(39,40)35-32(38)24-11-15-31-29(18-24)36(19-25-10-13-27(25)30(37)8-5-2)20-33(21-41-31)16-6-9-23-17-26(34)12-14-28(23)33/h4-5,11-12,14-15,17-18,22,25,27,30,37H,1-2,6-10,13,16,19-21H2,3H3,(H,35,38)/t22?,25-,27+,30?,33-/m0/s1. The van der Waals surface area contributed by atoms with Gasteiger partial charge in [0.05, 0.1) is 23.6 Å². The molecule has 2 aliphatic carbocycles. The molecule has 2 aromatic rings. The van der Waals surface area contributed by atoms with E-state index in [-0.39, 0.29) is 29.2 Å². The lowest BCUT2D eigenvalue weighted by Gasteiger charge is -2.45. The molecule has 3 aliphatic rings. The van der Waals surface area contributed by atoms with Crippen molar-refractivity contribution in [1.29, 1.82) is 0 Å². The van der Waals surface area contributed by atoms with Crippen LogP contribution in [0.15, 0.2) is 61.7 Å². The number of sulfonamides is 1. The number of aliphatic hydroxyl groups excluding tert-OH is 1. The molecule has 7 nitrogen and oxygen atoms in total. The van der Waals surface area contributed by atoms with Crippen molar-refractivity contribution in [2.24, 2.45) is 11.8 Å². The summed E-state index contributed by atoms with van der Waals surface area (Å²) in [5.41, 5.74) is 3.22. The smallest absolute Gasteiger partial charge is 0.264 e. The fraction of sp³-hybridized carbons (Fsp3) is 0.485. The van der Waals surface area contributed by atoms with Crippen LogP contribution >= 0.6 is 11.6 Å². The van der Waals surface area contributed by atoms with Crippen molar-refractivity contribution in [3.63, 3.8) is 0 Å². The number of nitrogens with one attached hydrogen (secondary N) is 1.